The van der Waals surface area contributed by atoms with E-state index in [1.165, 1.54) is 6.07 Å². The molecule has 0 radical (unpaired) electrons. The lowest BCUT2D eigenvalue weighted by Gasteiger charge is -2.15. The number of amides is 1. The summed E-state index contributed by atoms with van der Waals surface area (Å²) in [7, 11) is 0. The van der Waals surface area contributed by atoms with Crippen molar-refractivity contribution < 1.29 is 18.0 Å². The zero-order valence-electron chi connectivity index (χ0n) is 11.5. The molecule has 1 fully saturated rings. The highest BCUT2D eigenvalue weighted by molar-refractivity contribution is 5.95. The van der Waals surface area contributed by atoms with Crippen LogP contribution >= 0.6 is 0 Å². The van der Waals surface area contributed by atoms with Crippen LogP contribution in [0.5, 0.6) is 0 Å². The van der Waals surface area contributed by atoms with Gasteiger partial charge in [0, 0.05) is 18.3 Å². The van der Waals surface area contributed by atoms with E-state index in [1.54, 1.807) is 0 Å². The largest absolute Gasteiger partial charge is 0.417 e. The van der Waals surface area contributed by atoms with Crippen LogP contribution in [0.4, 0.5) is 18.9 Å². The lowest BCUT2D eigenvalue weighted by Crippen LogP contribution is -2.24. The van der Waals surface area contributed by atoms with Gasteiger partial charge >= 0.3 is 6.18 Å². The van der Waals surface area contributed by atoms with Gasteiger partial charge in [-0.15, -0.1) is 0 Å². The van der Waals surface area contributed by atoms with E-state index in [9.17, 15) is 18.0 Å². The Kier molecular flexibility index (Phi) is 4.72. The number of hydrogen-bond donors (Lipinski definition) is 3. The topological polar surface area (TPSA) is 67.2 Å². The third-order valence-corrected chi connectivity index (χ3v) is 3.57. The molecule has 7 heteroatoms. The number of nitrogens with one attached hydrogen (secondary N) is 2. The molecule has 116 valence electrons. The Morgan fingerprint density at radius 2 is 2.19 bits per heavy atom. The first-order chi connectivity index (χ1) is 9.88. The summed E-state index contributed by atoms with van der Waals surface area (Å²) in [6.07, 6.45) is -1.53. The summed E-state index contributed by atoms with van der Waals surface area (Å²) < 4.78 is 38.7. The number of carbonyl (C=O) groups excluding carboxylic acids is 1. The summed E-state index contributed by atoms with van der Waals surface area (Å²) in [5.74, 6) is -1.08. The number of carbonyl (C=O) groups is 1. The van der Waals surface area contributed by atoms with Gasteiger partial charge in [-0.05, 0) is 44.0 Å². The molecule has 1 atom stereocenters. The minimum atomic E-state index is -4.60. The zero-order valence-corrected chi connectivity index (χ0v) is 11.5. The van der Waals surface area contributed by atoms with Crippen molar-refractivity contribution in [3.05, 3.63) is 29.3 Å². The molecule has 0 saturated carbocycles. The molecule has 0 aliphatic carbocycles. The number of benzene rings is 1. The highest BCUT2D eigenvalue weighted by Gasteiger charge is 2.35. The van der Waals surface area contributed by atoms with Gasteiger partial charge in [-0.2, -0.15) is 13.2 Å². The second kappa shape index (κ2) is 6.34. The lowest BCUT2D eigenvalue weighted by atomic mass is 10.1. The van der Waals surface area contributed by atoms with Crippen molar-refractivity contribution in [1.29, 1.82) is 0 Å². The number of nitrogens with two attached hydrogens (primary N) is 1. The third-order valence-electron chi connectivity index (χ3n) is 3.57. The molecule has 1 amide bonds. The number of hydrogen-bond acceptors (Lipinski definition) is 3. The van der Waals surface area contributed by atoms with Crippen LogP contribution < -0.4 is 16.4 Å². The average molecular weight is 301 g/mol. The van der Waals surface area contributed by atoms with Crippen LogP contribution in [0.15, 0.2) is 18.2 Å². The van der Waals surface area contributed by atoms with E-state index in [1.807, 2.05) is 0 Å². The molecule has 1 saturated heterocycles. The molecule has 1 aromatic carbocycles. The summed E-state index contributed by atoms with van der Waals surface area (Å²) in [4.78, 5) is 11.1. The maximum atomic E-state index is 12.9. The molecule has 1 unspecified atom stereocenters. The number of rotatable bonds is 5. The molecule has 0 aromatic heterocycles. The second-order valence-corrected chi connectivity index (χ2v) is 5.13. The van der Waals surface area contributed by atoms with Crippen molar-refractivity contribution in [1.82, 2.24) is 5.32 Å². The normalized spacial score (nSPS) is 18.7. The van der Waals surface area contributed by atoms with Crippen molar-refractivity contribution in [2.45, 2.75) is 31.5 Å². The summed E-state index contributed by atoms with van der Waals surface area (Å²) in [5, 5.41) is 6.28. The van der Waals surface area contributed by atoms with Gasteiger partial charge < -0.3 is 16.4 Å². The van der Waals surface area contributed by atoms with Crippen molar-refractivity contribution in [2.75, 3.05) is 18.4 Å². The predicted octanol–water partition coefficient (Wildman–Crippen LogP) is 2.36. The molecule has 2 rings (SSSR count). The van der Waals surface area contributed by atoms with Crippen molar-refractivity contribution in [3.8, 4) is 0 Å². The van der Waals surface area contributed by atoms with Gasteiger partial charge in [-0.3, -0.25) is 4.79 Å². The van der Waals surface area contributed by atoms with Crippen LogP contribution in [-0.4, -0.2) is 25.0 Å². The first kappa shape index (κ1) is 15.6. The molecule has 1 heterocycles. The summed E-state index contributed by atoms with van der Waals surface area (Å²) in [6, 6.07) is 3.91. The molecule has 1 aliphatic heterocycles. The average Bonchev–Trinajstić information content (AvgIpc) is 2.90. The van der Waals surface area contributed by atoms with Gasteiger partial charge in [0.2, 0.25) is 5.91 Å². The molecule has 1 aliphatic rings. The van der Waals surface area contributed by atoms with Gasteiger partial charge in [0.25, 0.3) is 0 Å². The predicted molar refractivity (Wildman–Crippen MR) is 74.1 cm³/mol. The number of anilines is 1. The first-order valence-corrected chi connectivity index (χ1v) is 6.86. The molecule has 1 aromatic rings. The smallest absolute Gasteiger partial charge is 0.385 e. The third kappa shape index (κ3) is 4.10. The molecule has 0 bridgehead atoms. The fourth-order valence-electron chi connectivity index (χ4n) is 2.50. The zero-order chi connectivity index (χ0) is 15.5. The van der Waals surface area contributed by atoms with Gasteiger partial charge in [0.05, 0.1) is 11.1 Å². The van der Waals surface area contributed by atoms with Crippen LogP contribution in [0.25, 0.3) is 0 Å². The molecular weight excluding hydrogens is 283 g/mol. The summed E-state index contributed by atoms with van der Waals surface area (Å²) in [5.41, 5.74) is 3.81. The number of alkyl halides is 3. The van der Waals surface area contributed by atoms with E-state index < -0.39 is 23.2 Å². The molecule has 21 heavy (non-hydrogen) atoms. The van der Waals surface area contributed by atoms with E-state index in [2.05, 4.69) is 10.6 Å². The molecule has 4 nitrogen and oxygen atoms in total. The number of halogens is 3. The van der Waals surface area contributed by atoms with E-state index in [4.69, 9.17) is 5.73 Å². The van der Waals surface area contributed by atoms with E-state index in [0.717, 1.165) is 37.9 Å². The minimum absolute atomic E-state index is 0.338. The van der Waals surface area contributed by atoms with Crippen LogP contribution in [0.2, 0.25) is 0 Å². The van der Waals surface area contributed by atoms with Crippen molar-refractivity contribution in [2.24, 2.45) is 5.73 Å². The Bertz CT molecular complexity index is 511. The van der Waals surface area contributed by atoms with Crippen LogP contribution in [0.3, 0.4) is 0 Å². The molecule has 4 N–H and O–H groups in total. The monoisotopic (exact) mass is 301 g/mol. The number of primary amides is 1. The summed E-state index contributed by atoms with van der Waals surface area (Å²) in [6.45, 7) is 1.57. The minimum Gasteiger partial charge on any atom is -0.385 e. The Labute approximate surface area is 120 Å². The maximum absolute atomic E-state index is 12.9. The van der Waals surface area contributed by atoms with Crippen molar-refractivity contribution >= 4 is 11.6 Å². The van der Waals surface area contributed by atoms with Gasteiger partial charge in [0.1, 0.15) is 0 Å². The quantitative estimate of drug-likeness (QED) is 0.782. The summed E-state index contributed by atoms with van der Waals surface area (Å²) >= 11 is 0. The van der Waals surface area contributed by atoms with Crippen LogP contribution in [0, 0.1) is 0 Å². The van der Waals surface area contributed by atoms with Gasteiger partial charge in [-0.25, -0.2) is 0 Å². The van der Waals surface area contributed by atoms with Gasteiger partial charge in [-0.1, -0.05) is 0 Å². The Morgan fingerprint density at radius 3 is 2.76 bits per heavy atom. The fraction of sp³-hybridized carbons (Fsp3) is 0.500. The second-order valence-electron chi connectivity index (χ2n) is 5.13. The Balaban J connectivity index is 2.04. The molecule has 0 spiro atoms. The van der Waals surface area contributed by atoms with Crippen LogP contribution in [-0.2, 0) is 6.18 Å². The maximum Gasteiger partial charge on any atom is 0.417 e. The van der Waals surface area contributed by atoms with Gasteiger partial charge in [0.15, 0.2) is 0 Å². The highest BCUT2D eigenvalue weighted by atomic mass is 19.4. The lowest BCUT2D eigenvalue weighted by molar-refractivity contribution is -0.137. The molecular formula is C14H18F3N3O. The fourth-order valence-corrected chi connectivity index (χ4v) is 2.50. The van der Waals surface area contributed by atoms with Crippen LogP contribution in [0.1, 0.15) is 35.2 Å². The van der Waals surface area contributed by atoms with E-state index in [-0.39, 0.29) is 0 Å². The Morgan fingerprint density at radius 1 is 1.43 bits per heavy atom. The standard InChI is InChI=1S/C14H18F3N3O/c15-14(16,17)12-8-10(3-4-11(12)13(18)21)20-7-5-9-2-1-6-19-9/h3-4,8-9,19-20H,1-2,5-7H2,(H2,18,21). The van der Waals surface area contributed by atoms with E-state index in [0.29, 0.717) is 18.3 Å². The van der Waals surface area contributed by atoms with E-state index >= 15 is 0 Å². The first-order valence-electron chi connectivity index (χ1n) is 6.86. The highest BCUT2D eigenvalue weighted by Crippen LogP contribution is 2.33. The van der Waals surface area contributed by atoms with Crippen molar-refractivity contribution in [3.63, 3.8) is 0 Å². The SMILES string of the molecule is NC(=O)c1ccc(NCCC2CCCN2)cc1C(F)(F)F. The Hall–Kier alpha value is -1.76.